The van der Waals surface area contributed by atoms with Crippen molar-refractivity contribution in [1.29, 1.82) is 0 Å². The average molecular weight is 398 g/mol. The number of benzene rings is 1. The van der Waals surface area contributed by atoms with Gasteiger partial charge in [0.1, 0.15) is 11.5 Å². The summed E-state index contributed by atoms with van der Waals surface area (Å²) < 4.78 is 16.2. The number of amides is 1. The molecule has 3 heterocycles. The summed E-state index contributed by atoms with van der Waals surface area (Å²) in [6.45, 7) is 3.46. The number of thiazole rings is 1. The number of rotatable bonds is 6. The zero-order valence-electron chi connectivity index (χ0n) is 15.4. The topological polar surface area (TPSA) is 90.7 Å². The van der Waals surface area contributed by atoms with Gasteiger partial charge in [0.05, 0.1) is 11.3 Å². The van der Waals surface area contributed by atoms with Crippen molar-refractivity contribution >= 4 is 28.2 Å². The van der Waals surface area contributed by atoms with Gasteiger partial charge in [0.15, 0.2) is 22.4 Å². The molecule has 144 valence electrons. The molecule has 0 saturated carbocycles. The van der Waals surface area contributed by atoms with Crippen molar-refractivity contribution in [3.8, 4) is 22.8 Å². The highest BCUT2D eigenvalue weighted by Gasteiger charge is 2.16. The van der Waals surface area contributed by atoms with Crippen LogP contribution in [0.25, 0.3) is 11.3 Å². The molecule has 0 aliphatic carbocycles. The summed E-state index contributed by atoms with van der Waals surface area (Å²) in [5.74, 6) is 2.40. The molecule has 1 aliphatic heterocycles. The number of hydrogen-bond acceptors (Lipinski definition) is 7. The van der Waals surface area contributed by atoms with E-state index in [4.69, 9.17) is 13.9 Å². The maximum Gasteiger partial charge on any atom is 0.231 e. The van der Waals surface area contributed by atoms with E-state index in [9.17, 15) is 9.59 Å². The number of aryl methyl sites for hydroxylation is 2. The molecule has 0 saturated heterocycles. The summed E-state index contributed by atoms with van der Waals surface area (Å²) in [5, 5.41) is 5.21. The fraction of sp³-hybridized carbons (Fsp3) is 0.250. The maximum atomic E-state index is 12.2. The number of anilines is 1. The molecule has 2 aromatic heterocycles. The molecule has 0 radical (unpaired) electrons. The first kappa shape index (κ1) is 18.2. The number of hydrogen-bond donors (Lipinski definition) is 1. The van der Waals surface area contributed by atoms with Gasteiger partial charge in [-0.15, -0.1) is 11.3 Å². The smallest absolute Gasteiger partial charge is 0.231 e. The Balaban J connectivity index is 1.36. The van der Waals surface area contributed by atoms with Gasteiger partial charge in [0.2, 0.25) is 12.7 Å². The predicted octanol–water partition coefficient (Wildman–Crippen LogP) is 4.21. The second-order valence-electron chi connectivity index (χ2n) is 6.39. The summed E-state index contributed by atoms with van der Waals surface area (Å²) in [6, 6.07) is 7.32. The second kappa shape index (κ2) is 7.47. The van der Waals surface area contributed by atoms with E-state index in [1.165, 1.54) is 18.3 Å². The molecule has 4 rings (SSSR count). The molecule has 0 unspecified atom stereocenters. The number of furan rings is 1. The normalized spacial score (nSPS) is 12.2. The lowest BCUT2D eigenvalue weighted by atomic mass is 10.1. The standard InChI is InChI=1S/C20H18N2O5S/c1-11(23)15-8-14(27-12(15)2)4-6-19(24)22-20-21-16(9-28-20)13-3-5-17-18(7-13)26-10-25-17/h3,5,7-9H,4,6,10H2,1-2H3,(H,21,22,24). The lowest BCUT2D eigenvalue weighted by Crippen LogP contribution is -2.11. The van der Waals surface area contributed by atoms with E-state index in [1.54, 1.807) is 13.0 Å². The van der Waals surface area contributed by atoms with Gasteiger partial charge in [-0.3, -0.25) is 9.59 Å². The zero-order chi connectivity index (χ0) is 19.7. The van der Waals surface area contributed by atoms with Crippen molar-refractivity contribution in [3.05, 3.63) is 46.7 Å². The van der Waals surface area contributed by atoms with Gasteiger partial charge in [0.25, 0.3) is 0 Å². The molecular formula is C20H18N2O5S. The van der Waals surface area contributed by atoms with E-state index in [-0.39, 0.29) is 24.9 Å². The van der Waals surface area contributed by atoms with Gasteiger partial charge in [-0.25, -0.2) is 4.98 Å². The number of carbonyl (C=O) groups is 2. The molecular weight excluding hydrogens is 380 g/mol. The highest BCUT2D eigenvalue weighted by Crippen LogP contribution is 2.36. The Morgan fingerprint density at radius 3 is 2.82 bits per heavy atom. The maximum absolute atomic E-state index is 12.2. The average Bonchev–Trinajstić information content (AvgIpc) is 3.38. The molecule has 1 aromatic carbocycles. The number of nitrogens with zero attached hydrogens (tertiary/aromatic N) is 1. The Bertz CT molecular complexity index is 1050. The summed E-state index contributed by atoms with van der Waals surface area (Å²) in [5.41, 5.74) is 2.21. The SMILES string of the molecule is CC(=O)c1cc(CCC(=O)Nc2nc(-c3ccc4c(c3)OCO4)cs2)oc1C. The monoisotopic (exact) mass is 398 g/mol. The van der Waals surface area contributed by atoms with Crippen LogP contribution in [0.15, 0.2) is 34.1 Å². The first-order valence-corrected chi connectivity index (χ1v) is 9.63. The van der Waals surface area contributed by atoms with Gasteiger partial charge in [-0.2, -0.15) is 0 Å². The molecule has 0 fully saturated rings. The number of ether oxygens (including phenoxy) is 2. The van der Waals surface area contributed by atoms with Gasteiger partial charge >= 0.3 is 0 Å². The lowest BCUT2D eigenvalue weighted by molar-refractivity contribution is -0.116. The molecule has 1 amide bonds. The highest BCUT2D eigenvalue weighted by atomic mass is 32.1. The number of aromatic nitrogens is 1. The number of ketones is 1. The number of nitrogens with one attached hydrogen (secondary N) is 1. The number of carbonyl (C=O) groups excluding carboxylic acids is 2. The predicted molar refractivity (Wildman–Crippen MR) is 104 cm³/mol. The molecule has 0 atom stereocenters. The Morgan fingerprint density at radius 2 is 2.04 bits per heavy atom. The number of fused-ring (bicyclic) bond motifs is 1. The summed E-state index contributed by atoms with van der Waals surface area (Å²) in [7, 11) is 0. The van der Waals surface area contributed by atoms with Crippen LogP contribution in [0.5, 0.6) is 11.5 Å². The molecule has 0 bridgehead atoms. The quantitative estimate of drug-likeness (QED) is 0.626. The van der Waals surface area contributed by atoms with Crippen LogP contribution in [0.4, 0.5) is 5.13 Å². The highest BCUT2D eigenvalue weighted by molar-refractivity contribution is 7.14. The van der Waals surface area contributed by atoms with Crippen LogP contribution in [0.3, 0.4) is 0 Å². The van der Waals surface area contributed by atoms with Crippen molar-refractivity contribution < 1.29 is 23.5 Å². The Labute approximate surface area is 165 Å². The van der Waals surface area contributed by atoms with Crippen LogP contribution in [0, 0.1) is 6.92 Å². The van der Waals surface area contributed by atoms with E-state index >= 15 is 0 Å². The minimum atomic E-state index is -0.162. The Hall–Kier alpha value is -3.13. The van der Waals surface area contributed by atoms with E-state index in [0.717, 1.165) is 11.3 Å². The summed E-state index contributed by atoms with van der Waals surface area (Å²) in [4.78, 5) is 28.2. The molecule has 3 aromatic rings. The van der Waals surface area contributed by atoms with Crippen LogP contribution in [-0.2, 0) is 11.2 Å². The van der Waals surface area contributed by atoms with Crippen molar-refractivity contribution in [2.75, 3.05) is 12.1 Å². The van der Waals surface area contributed by atoms with E-state index in [2.05, 4.69) is 10.3 Å². The first-order valence-electron chi connectivity index (χ1n) is 8.75. The molecule has 1 aliphatic rings. The third-order valence-electron chi connectivity index (χ3n) is 4.37. The number of Topliss-reactive ketones (excluding diaryl/α,β-unsaturated/α-hetero) is 1. The first-order chi connectivity index (χ1) is 13.5. The minimum absolute atomic E-state index is 0.0456. The van der Waals surface area contributed by atoms with E-state index < -0.39 is 0 Å². The minimum Gasteiger partial charge on any atom is -0.466 e. The summed E-state index contributed by atoms with van der Waals surface area (Å²) in [6.07, 6.45) is 0.656. The second-order valence-corrected chi connectivity index (χ2v) is 7.25. The van der Waals surface area contributed by atoms with Gasteiger partial charge in [0, 0.05) is 23.8 Å². The molecule has 28 heavy (non-hydrogen) atoms. The van der Waals surface area contributed by atoms with Gasteiger partial charge < -0.3 is 19.2 Å². The van der Waals surface area contributed by atoms with Crippen LogP contribution in [0.1, 0.15) is 35.2 Å². The third kappa shape index (κ3) is 3.77. The van der Waals surface area contributed by atoms with Gasteiger partial charge in [-0.05, 0) is 38.1 Å². The molecule has 1 N–H and O–H groups in total. The van der Waals surface area contributed by atoms with Crippen molar-refractivity contribution in [2.45, 2.75) is 26.7 Å². The van der Waals surface area contributed by atoms with Crippen LogP contribution in [-0.4, -0.2) is 23.5 Å². The molecule has 7 nitrogen and oxygen atoms in total. The Morgan fingerprint density at radius 1 is 1.21 bits per heavy atom. The molecule has 8 heteroatoms. The fourth-order valence-corrected chi connectivity index (χ4v) is 3.69. The van der Waals surface area contributed by atoms with Gasteiger partial charge in [-0.1, -0.05) is 0 Å². The van der Waals surface area contributed by atoms with Crippen molar-refractivity contribution in [1.82, 2.24) is 4.98 Å². The van der Waals surface area contributed by atoms with Crippen LogP contribution < -0.4 is 14.8 Å². The molecule has 0 spiro atoms. The largest absolute Gasteiger partial charge is 0.466 e. The van der Waals surface area contributed by atoms with Crippen molar-refractivity contribution in [2.24, 2.45) is 0 Å². The lowest BCUT2D eigenvalue weighted by Gasteiger charge is -2.01. The van der Waals surface area contributed by atoms with Crippen LogP contribution in [0.2, 0.25) is 0 Å². The van der Waals surface area contributed by atoms with E-state index in [0.29, 0.717) is 40.1 Å². The van der Waals surface area contributed by atoms with Crippen molar-refractivity contribution in [3.63, 3.8) is 0 Å². The van der Waals surface area contributed by atoms with E-state index in [1.807, 2.05) is 23.6 Å². The Kier molecular flexibility index (Phi) is 4.87. The third-order valence-corrected chi connectivity index (χ3v) is 5.12. The van der Waals surface area contributed by atoms with Crippen LogP contribution >= 0.6 is 11.3 Å². The summed E-state index contributed by atoms with van der Waals surface area (Å²) >= 11 is 1.35. The fourth-order valence-electron chi connectivity index (χ4n) is 2.95. The zero-order valence-corrected chi connectivity index (χ0v) is 16.2.